The first kappa shape index (κ1) is 55.7. The summed E-state index contributed by atoms with van der Waals surface area (Å²) in [4.78, 5) is 8.77. The van der Waals surface area contributed by atoms with Gasteiger partial charge in [-0.25, -0.2) is 0 Å². The maximum absolute atomic E-state index is 3.00. The molecular formula is C81H94BN3S2. The van der Waals surface area contributed by atoms with Gasteiger partial charge in [-0.3, -0.25) is 0 Å². The summed E-state index contributed by atoms with van der Waals surface area (Å²) in [6.07, 6.45) is 13.1. The molecule has 6 bridgehead atoms. The van der Waals surface area contributed by atoms with Crippen LogP contribution in [0.2, 0.25) is 0 Å². The predicted octanol–water partition coefficient (Wildman–Crippen LogP) is 21.2. The van der Waals surface area contributed by atoms with Crippen LogP contribution in [-0.4, -0.2) is 12.3 Å². The summed E-state index contributed by atoms with van der Waals surface area (Å²) >= 11 is 4.26. The number of fused-ring (bicyclic) bond motifs is 21. The minimum Gasteiger partial charge on any atom is -0.334 e. The van der Waals surface area contributed by atoms with Crippen LogP contribution in [0.1, 0.15) is 250 Å². The lowest BCUT2D eigenvalue weighted by atomic mass is 9.39. The van der Waals surface area contributed by atoms with E-state index in [4.69, 9.17) is 0 Å². The van der Waals surface area contributed by atoms with Gasteiger partial charge in [-0.05, 0) is 262 Å². The van der Waals surface area contributed by atoms with E-state index in [-0.39, 0.29) is 61.0 Å². The topological polar surface area (TPSA) is 9.72 Å². The maximum Gasteiger partial charge on any atom is 0.277 e. The molecule has 0 spiro atoms. The van der Waals surface area contributed by atoms with Crippen molar-refractivity contribution in [2.45, 2.75) is 256 Å². The highest BCUT2D eigenvalue weighted by Crippen LogP contribution is 2.68. The van der Waals surface area contributed by atoms with E-state index in [1.165, 1.54) is 167 Å². The van der Waals surface area contributed by atoms with Crippen molar-refractivity contribution in [3.05, 3.63) is 146 Å². The molecule has 8 aromatic rings. The number of thiophene rings is 2. The summed E-state index contributed by atoms with van der Waals surface area (Å²) in [6, 6.07) is 37.4. The van der Waals surface area contributed by atoms with E-state index in [9.17, 15) is 0 Å². The van der Waals surface area contributed by atoms with Crippen molar-refractivity contribution in [3.63, 3.8) is 0 Å². The van der Waals surface area contributed by atoms with Gasteiger partial charge in [0.1, 0.15) is 0 Å². The Kier molecular flexibility index (Phi) is 10.8. The fourth-order valence-electron chi connectivity index (χ4n) is 20.6. The summed E-state index contributed by atoms with van der Waals surface area (Å²) in [6.45, 7) is 48.4. The largest absolute Gasteiger partial charge is 0.334 e. The number of hydrogen-bond acceptors (Lipinski definition) is 5. The Balaban J connectivity index is 1.07. The Morgan fingerprint density at radius 2 is 0.828 bits per heavy atom. The molecule has 6 heteroatoms. The first-order valence-corrected chi connectivity index (χ1v) is 35.6. The molecule has 87 heavy (non-hydrogen) atoms. The molecule has 6 aromatic carbocycles. The van der Waals surface area contributed by atoms with Gasteiger partial charge in [0, 0.05) is 69.3 Å². The molecule has 1 saturated carbocycles. The molecule has 0 N–H and O–H groups in total. The van der Waals surface area contributed by atoms with Crippen LogP contribution in [0, 0.1) is 19.8 Å². The molecule has 0 saturated heterocycles. The minimum atomic E-state index is -0.208. The average Bonchev–Trinajstić information content (AvgIpc) is 1.60. The van der Waals surface area contributed by atoms with Crippen LogP contribution >= 0.6 is 22.7 Å². The van der Waals surface area contributed by atoms with Crippen LogP contribution in [0.5, 0.6) is 0 Å². The highest BCUT2D eigenvalue weighted by atomic mass is 32.1. The monoisotopic (exact) mass is 1180 g/mol. The summed E-state index contributed by atoms with van der Waals surface area (Å²) < 4.78 is 5.90. The molecule has 0 radical (unpaired) electrons. The lowest BCUT2D eigenvalue weighted by Crippen LogP contribution is -2.61. The van der Waals surface area contributed by atoms with Gasteiger partial charge in [-0.2, -0.15) is 0 Å². The number of benzene rings is 6. The minimum absolute atomic E-state index is 0.00928. The Morgan fingerprint density at radius 1 is 0.402 bits per heavy atom. The van der Waals surface area contributed by atoms with Crippen LogP contribution < -0.4 is 29.7 Å². The van der Waals surface area contributed by atoms with Gasteiger partial charge in [0.05, 0.1) is 16.9 Å². The van der Waals surface area contributed by atoms with Gasteiger partial charge < -0.3 is 14.7 Å². The van der Waals surface area contributed by atoms with Crippen molar-refractivity contribution < 1.29 is 0 Å². The molecular weight excluding hydrogens is 1090 g/mol. The van der Waals surface area contributed by atoms with E-state index in [2.05, 4.69) is 254 Å². The molecule has 3 nitrogen and oxygen atoms in total. The molecule has 0 amide bonds. The number of hydrogen-bond donors (Lipinski definition) is 0. The van der Waals surface area contributed by atoms with Crippen molar-refractivity contribution in [1.29, 1.82) is 0 Å². The fraction of sp³-hybridized carbons (Fsp3) is 0.506. The number of rotatable bonds is 1. The summed E-state index contributed by atoms with van der Waals surface area (Å²) in [7, 11) is 0. The van der Waals surface area contributed by atoms with Gasteiger partial charge >= 0.3 is 0 Å². The van der Waals surface area contributed by atoms with E-state index < -0.39 is 0 Å². The zero-order valence-corrected chi connectivity index (χ0v) is 57.8. The van der Waals surface area contributed by atoms with E-state index in [0.717, 1.165) is 6.42 Å². The molecule has 448 valence electrons. The van der Waals surface area contributed by atoms with Crippen LogP contribution in [-0.2, 0) is 48.7 Å². The molecule has 2 aromatic heterocycles. The van der Waals surface area contributed by atoms with Gasteiger partial charge in [-0.15, -0.1) is 22.7 Å². The zero-order chi connectivity index (χ0) is 61.0. The molecule has 4 aliphatic heterocycles. The van der Waals surface area contributed by atoms with E-state index in [1.54, 1.807) is 38.9 Å². The van der Waals surface area contributed by atoms with Gasteiger partial charge in [0.25, 0.3) is 6.71 Å². The molecule has 5 aliphatic carbocycles. The molecule has 1 fully saturated rings. The highest BCUT2D eigenvalue weighted by Gasteiger charge is 2.63. The van der Waals surface area contributed by atoms with Gasteiger partial charge in [0.2, 0.25) is 0 Å². The van der Waals surface area contributed by atoms with Crippen molar-refractivity contribution in [2.24, 2.45) is 5.92 Å². The molecule has 9 aliphatic rings. The third kappa shape index (κ3) is 7.03. The zero-order valence-electron chi connectivity index (χ0n) is 56.2. The third-order valence-electron chi connectivity index (χ3n) is 26.9. The molecule has 17 rings (SSSR count). The van der Waals surface area contributed by atoms with Crippen molar-refractivity contribution >= 4 is 110 Å². The lowest BCUT2D eigenvalue weighted by molar-refractivity contribution is 0.0840. The number of aryl methyl sites for hydroxylation is 2. The molecule has 4 unspecified atom stereocenters. The van der Waals surface area contributed by atoms with Gasteiger partial charge in [-0.1, -0.05) is 141 Å². The maximum atomic E-state index is 3.00. The summed E-state index contributed by atoms with van der Waals surface area (Å²) in [5.41, 5.74) is 29.5. The second-order valence-electron chi connectivity index (χ2n) is 35.3. The normalized spacial score (nSPS) is 27.8. The SMILES string of the molecule is Cc1cc(C)c2c(c1)C1(C)CCC3CC1(C)N2c1cc2c4c(c1)N(c1ccc5c(c1)C3(C)CCC5(C)C)c1c(sc3cc5c(cc13)C(C)(C)CCC5(C)C)B4c1sc3cc4c(cc3c1N2c1ccc2c(c1)C(C)(C)CCC2(C)C)C(C)(C)CCC4(C)C. The van der Waals surface area contributed by atoms with Gasteiger partial charge in [0.15, 0.2) is 0 Å². The molecule has 6 heterocycles. The van der Waals surface area contributed by atoms with E-state index in [0.29, 0.717) is 5.92 Å². The number of anilines is 8. The second kappa shape index (κ2) is 16.8. The van der Waals surface area contributed by atoms with Crippen molar-refractivity contribution in [2.75, 3.05) is 14.7 Å². The smallest absolute Gasteiger partial charge is 0.277 e. The van der Waals surface area contributed by atoms with Crippen LogP contribution in [0.25, 0.3) is 20.2 Å². The quantitative estimate of drug-likeness (QED) is 0.152. The van der Waals surface area contributed by atoms with E-state index >= 15 is 0 Å². The lowest BCUT2D eigenvalue weighted by Gasteiger charge is -2.58. The van der Waals surface area contributed by atoms with Crippen molar-refractivity contribution in [3.8, 4) is 0 Å². The van der Waals surface area contributed by atoms with E-state index in [1.807, 2.05) is 0 Å². The fourth-order valence-corrected chi connectivity index (χ4v) is 23.4. The van der Waals surface area contributed by atoms with Crippen LogP contribution in [0.3, 0.4) is 0 Å². The second-order valence-corrected chi connectivity index (χ2v) is 37.5. The van der Waals surface area contributed by atoms with Crippen LogP contribution in [0.4, 0.5) is 45.5 Å². The Hall–Kier alpha value is -5.30. The third-order valence-corrected chi connectivity index (χ3v) is 29.3. The highest BCUT2D eigenvalue weighted by molar-refractivity contribution is 7.40. The summed E-state index contributed by atoms with van der Waals surface area (Å²) in [5, 5.41) is 2.86. The summed E-state index contributed by atoms with van der Waals surface area (Å²) in [5.74, 6) is 0.510. The molecule has 4 atom stereocenters. The first-order chi connectivity index (χ1) is 40.7. The average molecular weight is 1180 g/mol. The van der Waals surface area contributed by atoms with Crippen molar-refractivity contribution in [1.82, 2.24) is 0 Å². The van der Waals surface area contributed by atoms with Crippen LogP contribution in [0.15, 0.2) is 84.9 Å². The standard InChI is InChI=1S/C81H94BN3S2/c1-45-34-46(2)67-61(35-45)80(18)25-24-47-44-81(80,19)85(67)50-38-62-66-63(39-50)84(49-21-23-54-60(37-49)79(47,17)33-32-73(54,5)6)69-52-41-57-59(78(15,16)31-29-76(57,11)12)43-65(52)87-71(69)82(66)70-68(51-40-56-58(42-64(51)86-70)77(13,14)30-28-75(56,9)10)83(62)48-20-22-53-55(36-48)74(7,8)27-26-72(53,3)4/h20-23,34-43,47H,24-33,44H2,1-19H3. The predicted molar refractivity (Wildman–Crippen MR) is 378 cm³/mol. The number of nitrogens with zero attached hydrogens (tertiary/aromatic N) is 3. The Labute approximate surface area is 529 Å². The Bertz CT molecular complexity index is 4440. The Morgan fingerprint density at radius 3 is 1.32 bits per heavy atom. The first-order valence-electron chi connectivity index (χ1n) is 33.9.